The first-order chi connectivity index (χ1) is 10.6. The van der Waals surface area contributed by atoms with Crippen molar-refractivity contribution in [3.05, 3.63) is 58.5 Å². The van der Waals surface area contributed by atoms with Gasteiger partial charge in [-0.1, -0.05) is 30.3 Å². The predicted octanol–water partition coefficient (Wildman–Crippen LogP) is 4.02. The lowest BCUT2D eigenvalue weighted by atomic mass is 10.1. The molecule has 22 heavy (non-hydrogen) atoms. The van der Waals surface area contributed by atoms with Crippen LogP contribution in [0, 0.1) is 6.92 Å². The van der Waals surface area contributed by atoms with Crippen molar-refractivity contribution in [2.75, 3.05) is 0 Å². The highest BCUT2D eigenvalue weighted by atomic mass is 32.1. The van der Waals surface area contributed by atoms with Crippen molar-refractivity contribution in [2.45, 2.75) is 20.0 Å². The third kappa shape index (κ3) is 2.92. The second-order valence-corrected chi connectivity index (χ2v) is 5.62. The lowest BCUT2D eigenvalue weighted by molar-refractivity contribution is 0.0331. The summed E-state index contributed by atoms with van der Waals surface area (Å²) in [5.74, 6) is 0.334. The minimum atomic E-state index is -0.515. The molecule has 0 unspecified atom stereocenters. The van der Waals surface area contributed by atoms with E-state index in [0.29, 0.717) is 11.7 Å². The van der Waals surface area contributed by atoms with E-state index in [1.165, 1.54) is 11.3 Å². The minimum absolute atomic E-state index is 0.187. The maximum absolute atomic E-state index is 12.4. The van der Waals surface area contributed by atoms with Gasteiger partial charge in [0.25, 0.3) is 0 Å². The number of esters is 1. The Hall–Kier alpha value is -2.47. The molecule has 0 saturated heterocycles. The fourth-order valence-corrected chi connectivity index (χ4v) is 2.68. The average Bonchev–Trinajstić information content (AvgIpc) is 3.17. The van der Waals surface area contributed by atoms with Crippen LogP contribution >= 0.6 is 11.3 Å². The van der Waals surface area contributed by atoms with Gasteiger partial charge in [0.2, 0.25) is 0 Å². The van der Waals surface area contributed by atoms with Gasteiger partial charge in [0, 0.05) is 24.1 Å². The second-order valence-electron chi connectivity index (χ2n) is 4.69. The molecule has 0 amide bonds. The van der Waals surface area contributed by atoms with Gasteiger partial charge in [0.1, 0.15) is 5.01 Å². The highest BCUT2D eigenvalue weighted by Crippen LogP contribution is 2.27. The SMILES string of the molecule is Cc1nc(C(=O)O[C@@H](C)c2nccs2)c(-c2ccccc2)o1. The molecule has 0 fully saturated rings. The largest absolute Gasteiger partial charge is 0.450 e. The Bertz CT molecular complexity index is 766. The molecule has 6 heteroatoms. The summed E-state index contributed by atoms with van der Waals surface area (Å²) in [6.45, 7) is 3.49. The number of aromatic nitrogens is 2. The van der Waals surface area contributed by atoms with Crippen LogP contribution < -0.4 is 0 Å². The van der Waals surface area contributed by atoms with Gasteiger partial charge < -0.3 is 9.15 Å². The van der Waals surface area contributed by atoms with Crippen LogP contribution in [-0.2, 0) is 4.74 Å². The Labute approximate surface area is 131 Å². The van der Waals surface area contributed by atoms with E-state index in [1.807, 2.05) is 35.7 Å². The molecule has 1 atom stereocenters. The quantitative estimate of drug-likeness (QED) is 0.680. The summed E-state index contributed by atoms with van der Waals surface area (Å²) in [5.41, 5.74) is 0.976. The molecule has 1 aromatic carbocycles. The van der Waals surface area contributed by atoms with Crippen LogP contribution in [0.4, 0.5) is 0 Å². The van der Waals surface area contributed by atoms with Gasteiger partial charge in [0.05, 0.1) is 0 Å². The number of carbonyl (C=O) groups is 1. The number of oxazole rings is 1. The topological polar surface area (TPSA) is 65.2 Å². The monoisotopic (exact) mass is 314 g/mol. The maximum atomic E-state index is 12.4. The molecule has 0 aliphatic rings. The Kier molecular flexibility index (Phi) is 4.02. The smallest absolute Gasteiger partial charge is 0.361 e. The van der Waals surface area contributed by atoms with E-state index in [0.717, 1.165) is 10.6 Å². The van der Waals surface area contributed by atoms with Crippen molar-refractivity contribution >= 4 is 17.3 Å². The Morgan fingerprint density at radius 1 is 1.32 bits per heavy atom. The summed E-state index contributed by atoms with van der Waals surface area (Å²) >= 11 is 1.44. The molecule has 0 spiro atoms. The van der Waals surface area contributed by atoms with Crippen molar-refractivity contribution in [3.63, 3.8) is 0 Å². The molecule has 0 aliphatic heterocycles. The molecule has 112 valence electrons. The van der Waals surface area contributed by atoms with E-state index in [4.69, 9.17) is 9.15 Å². The normalized spacial score (nSPS) is 12.1. The predicted molar refractivity (Wildman–Crippen MR) is 82.6 cm³/mol. The summed E-state index contributed by atoms with van der Waals surface area (Å²) in [6, 6.07) is 9.37. The fourth-order valence-electron chi connectivity index (χ4n) is 2.05. The standard InChI is InChI=1S/C16H14N2O3S/c1-10(15-17-8-9-22-15)20-16(19)13-14(21-11(2)18-13)12-6-4-3-5-7-12/h3-10H,1-2H3/t10-/m0/s1. The van der Waals surface area contributed by atoms with Crippen molar-refractivity contribution in [2.24, 2.45) is 0 Å². The molecular weight excluding hydrogens is 300 g/mol. The average molecular weight is 314 g/mol. The van der Waals surface area contributed by atoms with Crippen molar-refractivity contribution in [3.8, 4) is 11.3 Å². The van der Waals surface area contributed by atoms with E-state index in [2.05, 4.69) is 9.97 Å². The van der Waals surface area contributed by atoms with Crippen molar-refractivity contribution in [1.82, 2.24) is 9.97 Å². The number of thiazole rings is 1. The van der Waals surface area contributed by atoms with Crippen LogP contribution in [0.15, 0.2) is 46.3 Å². The lowest BCUT2D eigenvalue weighted by Gasteiger charge is -2.09. The molecule has 0 N–H and O–H groups in total. The zero-order valence-corrected chi connectivity index (χ0v) is 13.0. The number of aryl methyl sites for hydroxylation is 1. The summed E-state index contributed by atoms with van der Waals surface area (Å²) in [7, 11) is 0. The molecule has 0 aliphatic carbocycles. The maximum Gasteiger partial charge on any atom is 0.361 e. The molecule has 5 nitrogen and oxygen atoms in total. The van der Waals surface area contributed by atoms with E-state index in [1.54, 1.807) is 20.0 Å². The third-order valence-electron chi connectivity index (χ3n) is 3.05. The highest BCUT2D eigenvalue weighted by Gasteiger charge is 2.24. The molecule has 3 rings (SSSR count). The summed E-state index contributed by atoms with van der Waals surface area (Å²) < 4.78 is 11.0. The summed E-state index contributed by atoms with van der Waals surface area (Å²) in [6.07, 6.45) is 1.26. The van der Waals surface area contributed by atoms with Gasteiger partial charge in [-0.2, -0.15) is 0 Å². The van der Waals surface area contributed by atoms with E-state index in [-0.39, 0.29) is 5.69 Å². The molecule has 2 aromatic heterocycles. The Morgan fingerprint density at radius 2 is 2.09 bits per heavy atom. The third-order valence-corrected chi connectivity index (χ3v) is 3.98. The number of hydrogen-bond acceptors (Lipinski definition) is 6. The van der Waals surface area contributed by atoms with E-state index in [9.17, 15) is 4.79 Å². The number of hydrogen-bond donors (Lipinski definition) is 0. The Morgan fingerprint density at radius 3 is 2.77 bits per heavy atom. The van der Waals surface area contributed by atoms with E-state index < -0.39 is 12.1 Å². The van der Waals surface area contributed by atoms with Crippen LogP contribution in [0.5, 0.6) is 0 Å². The summed E-state index contributed by atoms with van der Waals surface area (Å²) in [4.78, 5) is 20.7. The van der Waals surface area contributed by atoms with Crippen molar-refractivity contribution in [1.29, 1.82) is 0 Å². The van der Waals surface area contributed by atoms with E-state index >= 15 is 0 Å². The molecule has 3 aromatic rings. The molecular formula is C16H14N2O3S. The van der Waals surface area contributed by atoms with Gasteiger partial charge in [-0.15, -0.1) is 11.3 Å². The van der Waals surface area contributed by atoms with Crippen LogP contribution in [0.25, 0.3) is 11.3 Å². The van der Waals surface area contributed by atoms with Crippen LogP contribution in [-0.4, -0.2) is 15.9 Å². The van der Waals surface area contributed by atoms with Gasteiger partial charge in [-0.3, -0.25) is 0 Å². The van der Waals surface area contributed by atoms with Gasteiger partial charge >= 0.3 is 5.97 Å². The second kappa shape index (κ2) is 6.11. The zero-order chi connectivity index (χ0) is 15.5. The number of benzene rings is 1. The molecule has 0 bridgehead atoms. The molecule has 2 heterocycles. The lowest BCUT2D eigenvalue weighted by Crippen LogP contribution is -2.10. The van der Waals surface area contributed by atoms with Gasteiger partial charge in [-0.05, 0) is 6.92 Å². The highest BCUT2D eigenvalue weighted by molar-refractivity contribution is 7.09. The Balaban J connectivity index is 1.87. The first-order valence-corrected chi connectivity index (χ1v) is 7.66. The van der Waals surface area contributed by atoms with Gasteiger partial charge in [0.15, 0.2) is 23.4 Å². The first-order valence-electron chi connectivity index (χ1n) is 6.78. The molecule has 0 saturated carbocycles. The number of rotatable bonds is 4. The zero-order valence-electron chi connectivity index (χ0n) is 12.1. The van der Waals surface area contributed by atoms with Crippen LogP contribution in [0.1, 0.15) is 34.4 Å². The summed E-state index contributed by atoms with van der Waals surface area (Å²) in [5, 5.41) is 2.59. The number of carbonyl (C=O) groups excluding carboxylic acids is 1. The number of ether oxygens (including phenoxy) is 1. The van der Waals surface area contributed by atoms with Crippen molar-refractivity contribution < 1.29 is 13.9 Å². The fraction of sp³-hybridized carbons (Fsp3) is 0.188. The van der Waals surface area contributed by atoms with Gasteiger partial charge in [-0.25, -0.2) is 14.8 Å². The van der Waals surface area contributed by atoms with Crippen LogP contribution in [0.2, 0.25) is 0 Å². The first kappa shape index (κ1) is 14.5. The number of nitrogens with zero attached hydrogens (tertiary/aromatic N) is 2. The minimum Gasteiger partial charge on any atom is -0.450 e. The van der Waals surface area contributed by atoms with Crippen LogP contribution in [0.3, 0.4) is 0 Å². The molecule has 0 radical (unpaired) electrons.